The van der Waals surface area contributed by atoms with Gasteiger partial charge < -0.3 is 20.1 Å². The van der Waals surface area contributed by atoms with E-state index in [4.69, 9.17) is 4.74 Å². The zero-order valence-corrected chi connectivity index (χ0v) is 20.6. The Morgan fingerprint density at radius 3 is 2.77 bits per heavy atom. The van der Waals surface area contributed by atoms with Crippen molar-refractivity contribution in [3.05, 3.63) is 23.5 Å². The average molecular weight is 530 g/mol. The Morgan fingerprint density at radius 1 is 1.37 bits per heavy atom. The summed E-state index contributed by atoms with van der Waals surface area (Å²) in [5.74, 6) is 0.211. The summed E-state index contributed by atoms with van der Waals surface area (Å²) >= 11 is 0.702. The van der Waals surface area contributed by atoms with Crippen LogP contribution in [-0.2, 0) is 14.8 Å². The number of nitrogens with zero attached hydrogens (tertiary/aromatic N) is 5. The van der Waals surface area contributed by atoms with Crippen LogP contribution in [0.1, 0.15) is 25.3 Å². The molecule has 0 unspecified atom stereocenters. The van der Waals surface area contributed by atoms with Gasteiger partial charge in [-0.1, -0.05) is 11.3 Å². The molecular formula is C20H25F2N7O4S2. The number of sulfonamides is 1. The van der Waals surface area contributed by atoms with Crippen LogP contribution in [0, 0.1) is 0 Å². The van der Waals surface area contributed by atoms with Crippen LogP contribution in [0.2, 0.25) is 0 Å². The Bertz CT molecular complexity index is 1340. The summed E-state index contributed by atoms with van der Waals surface area (Å²) in [6.45, 7) is 5.16. The van der Waals surface area contributed by atoms with Crippen LogP contribution in [-0.4, -0.2) is 83.6 Å². The van der Waals surface area contributed by atoms with Crippen molar-refractivity contribution in [3.8, 4) is 10.8 Å². The quantitative estimate of drug-likeness (QED) is 0.410. The van der Waals surface area contributed by atoms with E-state index in [0.717, 1.165) is 0 Å². The van der Waals surface area contributed by atoms with Crippen molar-refractivity contribution in [2.75, 3.05) is 37.8 Å². The summed E-state index contributed by atoms with van der Waals surface area (Å²) in [5.41, 5.74) is 0.451. The second kappa shape index (κ2) is 8.97. The highest BCUT2D eigenvalue weighted by atomic mass is 32.2. The number of aliphatic hydroxyl groups excluding tert-OH is 1. The van der Waals surface area contributed by atoms with E-state index in [2.05, 4.69) is 25.2 Å². The van der Waals surface area contributed by atoms with Gasteiger partial charge in [-0.15, -0.1) is 10.2 Å². The fraction of sp³-hybridized carbons (Fsp3) is 0.550. The molecule has 5 heterocycles. The molecule has 0 amide bonds. The third-order valence-corrected chi connectivity index (χ3v) is 8.49. The number of pyridine rings is 1. The molecule has 35 heavy (non-hydrogen) atoms. The van der Waals surface area contributed by atoms with Gasteiger partial charge in [-0.05, 0) is 19.9 Å². The fourth-order valence-electron chi connectivity index (χ4n) is 4.36. The first kappa shape index (κ1) is 24.4. The number of imidazole rings is 1. The molecule has 5 rings (SSSR count). The van der Waals surface area contributed by atoms with Gasteiger partial charge in [-0.3, -0.25) is 4.40 Å². The SMILES string of the molecule is C[C@H]1CN(c2cc(S(=O)(=O)NC3(C)COC3)cn3c(-c4nnc(C(F)F)s4)ncc23)C[C@H](CO)N1. The summed E-state index contributed by atoms with van der Waals surface area (Å²) in [4.78, 5) is 6.35. The van der Waals surface area contributed by atoms with Crippen molar-refractivity contribution in [3.63, 3.8) is 0 Å². The third-order valence-electron chi connectivity index (χ3n) is 5.96. The number of hydrogen-bond donors (Lipinski definition) is 3. The van der Waals surface area contributed by atoms with Crippen LogP contribution in [0.4, 0.5) is 14.5 Å². The molecule has 0 aliphatic carbocycles. The molecule has 2 saturated heterocycles. The van der Waals surface area contributed by atoms with E-state index in [9.17, 15) is 22.3 Å². The highest BCUT2D eigenvalue weighted by Crippen LogP contribution is 2.34. The molecule has 3 aromatic rings. The Kier molecular flexibility index (Phi) is 6.26. The van der Waals surface area contributed by atoms with Crippen molar-refractivity contribution in [2.24, 2.45) is 0 Å². The molecule has 0 radical (unpaired) electrons. The van der Waals surface area contributed by atoms with Crippen LogP contribution in [0.3, 0.4) is 0 Å². The van der Waals surface area contributed by atoms with E-state index in [1.165, 1.54) is 6.20 Å². The number of piperazine rings is 1. The number of nitrogens with one attached hydrogen (secondary N) is 2. The van der Waals surface area contributed by atoms with E-state index in [1.807, 2.05) is 11.8 Å². The Balaban J connectivity index is 1.65. The maximum atomic E-state index is 13.4. The maximum Gasteiger partial charge on any atom is 0.291 e. The lowest BCUT2D eigenvalue weighted by atomic mass is 10.0. The first-order valence-corrected chi connectivity index (χ1v) is 13.2. The van der Waals surface area contributed by atoms with E-state index in [0.29, 0.717) is 35.6 Å². The molecule has 0 spiro atoms. The standard InChI is InChI=1S/C20H25F2N7O4S2/c1-11-5-28(6-12(8-30)24-11)14-3-13(35(31,32)27-20(2)9-33-10-20)7-29-15(14)4-23-17(29)19-26-25-18(34-19)16(21)22/h3-4,7,11-12,16,24,27,30H,5-6,8-10H2,1-2H3/t11-,12+/m0/s1. The van der Waals surface area contributed by atoms with Crippen LogP contribution in [0.15, 0.2) is 23.4 Å². The lowest BCUT2D eigenvalue weighted by molar-refractivity contribution is -0.0523. The van der Waals surface area contributed by atoms with Crippen LogP contribution < -0.4 is 14.9 Å². The Morgan fingerprint density at radius 2 is 2.14 bits per heavy atom. The molecule has 2 atom stereocenters. The van der Waals surface area contributed by atoms with Crippen LogP contribution in [0.5, 0.6) is 0 Å². The van der Waals surface area contributed by atoms with Crippen molar-refractivity contribution >= 4 is 32.6 Å². The van der Waals surface area contributed by atoms with E-state index in [-0.39, 0.29) is 47.6 Å². The zero-order chi connectivity index (χ0) is 25.0. The van der Waals surface area contributed by atoms with Gasteiger partial charge in [0.15, 0.2) is 15.8 Å². The average Bonchev–Trinajstić information content (AvgIpc) is 3.43. The first-order chi connectivity index (χ1) is 16.6. The highest BCUT2D eigenvalue weighted by molar-refractivity contribution is 7.89. The number of aromatic nitrogens is 4. The second-order valence-electron chi connectivity index (χ2n) is 9.16. The lowest BCUT2D eigenvalue weighted by Crippen LogP contribution is -2.59. The zero-order valence-electron chi connectivity index (χ0n) is 19.0. The summed E-state index contributed by atoms with van der Waals surface area (Å²) in [7, 11) is -3.97. The van der Waals surface area contributed by atoms with Crippen molar-refractivity contribution < 1.29 is 27.0 Å². The number of ether oxygens (including phenoxy) is 1. The van der Waals surface area contributed by atoms with Gasteiger partial charge in [0.1, 0.15) is 4.90 Å². The number of alkyl halides is 2. The van der Waals surface area contributed by atoms with Crippen LogP contribution in [0.25, 0.3) is 16.3 Å². The van der Waals surface area contributed by atoms with Crippen molar-refractivity contribution in [1.82, 2.24) is 29.6 Å². The summed E-state index contributed by atoms with van der Waals surface area (Å²) in [5, 5.41) is 20.1. The van der Waals surface area contributed by atoms with Gasteiger partial charge >= 0.3 is 0 Å². The molecule has 0 aromatic carbocycles. The van der Waals surface area contributed by atoms with Gasteiger partial charge in [0, 0.05) is 31.4 Å². The summed E-state index contributed by atoms with van der Waals surface area (Å²) < 4.78 is 62.4. The summed E-state index contributed by atoms with van der Waals surface area (Å²) in [6, 6.07) is 1.40. The van der Waals surface area contributed by atoms with Gasteiger partial charge in [0.2, 0.25) is 10.0 Å². The molecule has 0 saturated carbocycles. The monoisotopic (exact) mass is 529 g/mol. The number of halogens is 2. The van der Waals surface area contributed by atoms with E-state index >= 15 is 0 Å². The minimum atomic E-state index is -3.97. The van der Waals surface area contributed by atoms with Crippen molar-refractivity contribution in [1.29, 1.82) is 0 Å². The molecule has 2 aliphatic rings. The fourth-order valence-corrected chi connectivity index (χ4v) is 6.45. The van der Waals surface area contributed by atoms with Crippen LogP contribution >= 0.6 is 11.3 Å². The number of aliphatic hydroxyl groups is 1. The Labute approximate surface area is 204 Å². The van der Waals surface area contributed by atoms with Crippen molar-refractivity contribution in [2.45, 2.75) is 42.8 Å². The second-order valence-corrected chi connectivity index (χ2v) is 11.8. The smallest absolute Gasteiger partial charge is 0.291 e. The minimum Gasteiger partial charge on any atom is -0.395 e. The minimum absolute atomic E-state index is 0.0160. The largest absolute Gasteiger partial charge is 0.395 e. The number of anilines is 1. The number of fused-ring (bicyclic) bond motifs is 1. The molecule has 2 fully saturated rings. The Hall–Kier alpha value is -2.30. The normalized spacial score (nSPS) is 22.6. The molecular weight excluding hydrogens is 504 g/mol. The van der Waals surface area contributed by atoms with E-state index in [1.54, 1.807) is 23.6 Å². The summed E-state index contributed by atoms with van der Waals surface area (Å²) in [6.07, 6.45) is 0.191. The first-order valence-electron chi connectivity index (χ1n) is 11.0. The topological polar surface area (TPSA) is 134 Å². The number of rotatable bonds is 7. The molecule has 0 bridgehead atoms. The van der Waals surface area contributed by atoms with Gasteiger partial charge in [-0.2, -0.15) is 0 Å². The molecule has 2 aliphatic heterocycles. The molecule has 190 valence electrons. The van der Waals surface area contributed by atoms with Gasteiger partial charge in [-0.25, -0.2) is 26.9 Å². The third kappa shape index (κ3) is 4.63. The predicted octanol–water partition coefficient (Wildman–Crippen LogP) is 1.02. The van der Waals surface area contributed by atoms with Gasteiger partial charge in [0.05, 0.1) is 42.8 Å². The molecule has 15 heteroatoms. The van der Waals surface area contributed by atoms with Gasteiger partial charge in [0.25, 0.3) is 6.43 Å². The maximum absolute atomic E-state index is 13.4. The molecule has 11 nitrogen and oxygen atoms in total. The highest BCUT2D eigenvalue weighted by Gasteiger charge is 2.38. The van der Waals surface area contributed by atoms with E-state index < -0.39 is 27.0 Å². The predicted molar refractivity (Wildman–Crippen MR) is 124 cm³/mol. The number of hydrogen-bond acceptors (Lipinski definition) is 10. The molecule has 3 N–H and O–H groups in total. The lowest BCUT2D eigenvalue weighted by Gasteiger charge is -2.39. The molecule has 3 aromatic heterocycles.